The van der Waals surface area contributed by atoms with Crippen LogP contribution in [0.5, 0.6) is 11.5 Å². The molecule has 29 heavy (non-hydrogen) atoms. The van der Waals surface area contributed by atoms with Crippen LogP contribution in [0.2, 0.25) is 0 Å². The zero-order valence-corrected chi connectivity index (χ0v) is 15.9. The van der Waals surface area contributed by atoms with Crippen molar-refractivity contribution in [3.8, 4) is 11.5 Å². The maximum Gasteiger partial charge on any atom is 0.328 e. The maximum absolute atomic E-state index is 12.2. The van der Waals surface area contributed by atoms with Crippen LogP contribution in [0.25, 0.3) is 6.08 Å². The van der Waals surface area contributed by atoms with Crippen molar-refractivity contribution in [1.29, 1.82) is 0 Å². The number of imide groups is 1. The Balaban J connectivity index is 1.77. The number of hydrogen-bond donors (Lipinski definition) is 1. The standard InChI is InChI=1S/C20H19N3O6/c1-3-22-19(24)16(21-20(22)25)10-13-7-8-17(18(11-13)28-2)29-12-14-5-4-6-15(9-14)23(26)27/h4-11H,3,12H2,1-2H3,(H,21,25)/b16-10+. The first kappa shape index (κ1) is 19.9. The van der Waals surface area contributed by atoms with Crippen molar-refractivity contribution in [1.82, 2.24) is 10.2 Å². The van der Waals surface area contributed by atoms with Crippen molar-refractivity contribution in [2.24, 2.45) is 0 Å². The minimum absolute atomic E-state index is 0.00978. The van der Waals surface area contributed by atoms with Gasteiger partial charge in [-0.2, -0.15) is 0 Å². The van der Waals surface area contributed by atoms with Crippen LogP contribution in [0.3, 0.4) is 0 Å². The van der Waals surface area contributed by atoms with Crippen LogP contribution >= 0.6 is 0 Å². The van der Waals surface area contributed by atoms with Crippen molar-refractivity contribution in [3.05, 3.63) is 69.4 Å². The Hall–Kier alpha value is -3.88. The second kappa shape index (κ2) is 8.42. The third-order valence-electron chi connectivity index (χ3n) is 4.29. The molecule has 2 aromatic rings. The van der Waals surface area contributed by atoms with Crippen LogP contribution in [0.1, 0.15) is 18.1 Å². The molecule has 1 N–H and O–H groups in total. The number of ether oxygens (including phenoxy) is 2. The number of carbonyl (C=O) groups excluding carboxylic acids is 2. The van der Waals surface area contributed by atoms with Gasteiger partial charge in [0.25, 0.3) is 11.6 Å². The number of urea groups is 1. The van der Waals surface area contributed by atoms with Crippen molar-refractivity contribution in [2.45, 2.75) is 13.5 Å². The lowest BCUT2D eigenvalue weighted by atomic mass is 10.1. The van der Waals surface area contributed by atoms with Gasteiger partial charge >= 0.3 is 6.03 Å². The van der Waals surface area contributed by atoms with Gasteiger partial charge in [0.05, 0.1) is 12.0 Å². The first-order valence-corrected chi connectivity index (χ1v) is 8.81. The quantitative estimate of drug-likeness (QED) is 0.333. The number of likely N-dealkylation sites (N-methyl/N-ethyl adjacent to an activating group) is 1. The van der Waals surface area contributed by atoms with Gasteiger partial charge in [0.2, 0.25) is 0 Å². The number of nitrogens with zero attached hydrogens (tertiary/aromatic N) is 2. The molecule has 9 nitrogen and oxygen atoms in total. The van der Waals surface area contributed by atoms with Gasteiger partial charge < -0.3 is 14.8 Å². The zero-order chi connectivity index (χ0) is 21.0. The SMILES string of the molecule is CCN1C(=O)N/C(=C/c2ccc(OCc3cccc([N+](=O)[O-])c3)c(OC)c2)C1=O. The largest absolute Gasteiger partial charge is 0.493 e. The molecule has 0 bridgehead atoms. The molecule has 150 valence electrons. The lowest BCUT2D eigenvalue weighted by Crippen LogP contribution is -2.30. The van der Waals surface area contributed by atoms with E-state index in [9.17, 15) is 19.7 Å². The predicted octanol–water partition coefficient (Wildman–Crippen LogP) is 3.10. The number of hydrogen-bond acceptors (Lipinski definition) is 6. The van der Waals surface area contributed by atoms with E-state index in [2.05, 4.69) is 5.32 Å². The molecule has 1 fully saturated rings. The minimum Gasteiger partial charge on any atom is -0.493 e. The first-order chi connectivity index (χ1) is 13.9. The van der Waals surface area contributed by atoms with Crippen molar-refractivity contribution in [3.63, 3.8) is 0 Å². The molecule has 0 spiro atoms. The summed E-state index contributed by atoms with van der Waals surface area (Å²) < 4.78 is 11.1. The summed E-state index contributed by atoms with van der Waals surface area (Å²) in [5.74, 6) is 0.481. The van der Waals surface area contributed by atoms with E-state index in [4.69, 9.17) is 9.47 Å². The van der Waals surface area contributed by atoms with Crippen molar-refractivity contribution < 1.29 is 24.0 Å². The van der Waals surface area contributed by atoms with E-state index < -0.39 is 11.0 Å². The molecular weight excluding hydrogens is 378 g/mol. The number of nitro benzene ring substituents is 1. The number of methoxy groups -OCH3 is 1. The topological polar surface area (TPSA) is 111 Å². The Morgan fingerprint density at radius 3 is 2.62 bits per heavy atom. The van der Waals surface area contributed by atoms with Crippen LogP contribution in [-0.4, -0.2) is 35.4 Å². The Labute approximate surface area is 166 Å². The summed E-state index contributed by atoms with van der Waals surface area (Å²) >= 11 is 0. The maximum atomic E-state index is 12.2. The second-order valence-electron chi connectivity index (χ2n) is 6.16. The molecule has 1 aliphatic rings. The molecule has 0 saturated carbocycles. The highest BCUT2D eigenvalue weighted by Gasteiger charge is 2.32. The van der Waals surface area contributed by atoms with E-state index in [-0.39, 0.29) is 30.4 Å². The smallest absolute Gasteiger partial charge is 0.328 e. The van der Waals surface area contributed by atoms with Crippen LogP contribution < -0.4 is 14.8 Å². The number of amides is 3. The normalized spacial score (nSPS) is 14.8. The van der Waals surface area contributed by atoms with E-state index >= 15 is 0 Å². The molecule has 1 heterocycles. The highest BCUT2D eigenvalue weighted by atomic mass is 16.6. The summed E-state index contributed by atoms with van der Waals surface area (Å²) in [7, 11) is 1.48. The lowest BCUT2D eigenvalue weighted by molar-refractivity contribution is -0.384. The third kappa shape index (κ3) is 4.34. The predicted molar refractivity (Wildman–Crippen MR) is 104 cm³/mol. The van der Waals surface area contributed by atoms with Gasteiger partial charge in [-0.3, -0.25) is 19.8 Å². The number of carbonyl (C=O) groups is 2. The van der Waals surface area contributed by atoms with Crippen LogP contribution in [0.4, 0.5) is 10.5 Å². The Morgan fingerprint density at radius 1 is 1.17 bits per heavy atom. The fraction of sp³-hybridized carbons (Fsp3) is 0.200. The summed E-state index contributed by atoms with van der Waals surface area (Å²) in [6.07, 6.45) is 1.56. The molecule has 0 atom stereocenters. The summed E-state index contributed by atoms with van der Waals surface area (Å²) in [4.78, 5) is 35.4. The van der Waals surface area contributed by atoms with Gasteiger partial charge in [-0.25, -0.2) is 4.79 Å². The number of nitrogens with one attached hydrogen (secondary N) is 1. The highest BCUT2D eigenvalue weighted by Crippen LogP contribution is 2.30. The molecule has 1 saturated heterocycles. The van der Waals surface area contributed by atoms with Gasteiger partial charge in [-0.05, 0) is 36.3 Å². The van der Waals surface area contributed by atoms with E-state index in [1.165, 1.54) is 19.2 Å². The molecule has 2 aromatic carbocycles. The number of nitro groups is 1. The average Bonchev–Trinajstić information content (AvgIpc) is 2.99. The second-order valence-corrected chi connectivity index (χ2v) is 6.16. The molecule has 1 aliphatic heterocycles. The van der Waals surface area contributed by atoms with Gasteiger partial charge in [0.15, 0.2) is 11.5 Å². The van der Waals surface area contributed by atoms with E-state index in [1.807, 2.05) is 0 Å². The Morgan fingerprint density at radius 2 is 1.97 bits per heavy atom. The average molecular weight is 397 g/mol. The monoisotopic (exact) mass is 397 g/mol. The van der Waals surface area contributed by atoms with Crippen LogP contribution in [-0.2, 0) is 11.4 Å². The van der Waals surface area contributed by atoms with Gasteiger partial charge in [0.1, 0.15) is 12.3 Å². The molecule has 3 rings (SSSR count). The number of non-ortho nitro benzene ring substituents is 1. The number of rotatable bonds is 7. The highest BCUT2D eigenvalue weighted by molar-refractivity contribution is 6.13. The van der Waals surface area contributed by atoms with Crippen molar-refractivity contribution >= 4 is 23.7 Å². The molecule has 9 heteroatoms. The minimum atomic E-state index is -0.463. The van der Waals surface area contributed by atoms with E-state index in [0.717, 1.165) is 4.90 Å². The van der Waals surface area contributed by atoms with E-state index in [1.54, 1.807) is 43.3 Å². The fourth-order valence-corrected chi connectivity index (χ4v) is 2.84. The van der Waals surface area contributed by atoms with Gasteiger partial charge in [-0.1, -0.05) is 18.2 Å². The molecule has 0 aromatic heterocycles. The molecule has 3 amide bonds. The van der Waals surface area contributed by atoms with Gasteiger partial charge in [0, 0.05) is 18.7 Å². The van der Waals surface area contributed by atoms with Gasteiger partial charge in [-0.15, -0.1) is 0 Å². The van der Waals surface area contributed by atoms with Crippen LogP contribution in [0.15, 0.2) is 48.2 Å². The molecule has 0 radical (unpaired) electrons. The molecule has 0 unspecified atom stereocenters. The molecule has 0 aliphatic carbocycles. The third-order valence-corrected chi connectivity index (χ3v) is 4.29. The first-order valence-electron chi connectivity index (χ1n) is 8.81. The van der Waals surface area contributed by atoms with Crippen LogP contribution in [0, 0.1) is 10.1 Å². The summed E-state index contributed by atoms with van der Waals surface area (Å²) in [5.41, 5.74) is 1.46. The molecular formula is C20H19N3O6. The van der Waals surface area contributed by atoms with E-state index in [0.29, 0.717) is 22.6 Å². The fourth-order valence-electron chi connectivity index (χ4n) is 2.84. The lowest BCUT2D eigenvalue weighted by Gasteiger charge is -2.11. The zero-order valence-electron chi connectivity index (χ0n) is 15.9. The summed E-state index contributed by atoms with van der Waals surface area (Å²) in [6, 6.07) is 10.8. The van der Waals surface area contributed by atoms with Crippen molar-refractivity contribution in [2.75, 3.05) is 13.7 Å². The Bertz CT molecular complexity index is 1000. The summed E-state index contributed by atoms with van der Waals surface area (Å²) in [6.45, 7) is 2.13. The summed E-state index contributed by atoms with van der Waals surface area (Å²) in [5, 5.41) is 13.4. The Kier molecular flexibility index (Phi) is 5.77. The number of benzene rings is 2.